The number of rotatable bonds is 3. The highest BCUT2D eigenvalue weighted by atomic mass is 35.5. The summed E-state index contributed by atoms with van der Waals surface area (Å²) >= 11 is 6.07. The second-order valence-corrected chi connectivity index (χ2v) is 4.42. The predicted molar refractivity (Wildman–Crippen MR) is 64.9 cm³/mol. The van der Waals surface area contributed by atoms with Crippen molar-refractivity contribution in [3.63, 3.8) is 0 Å². The van der Waals surface area contributed by atoms with Crippen molar-refractivity contribution in [3.05, 3.63) is 41.5 Å². The van der Waals surface area contributed by atoms with Gasteiger partial charge in [0, 0.05) is 0 Å². The Labute approximate surface area is 104 Å². The highest BCUT2D eigenvalue weighted by Gasteiger charge is 2.12. The lowest BCUT2D eigenvalue weighted by Gasteiger charge is -2.04. The number of hydrogen-bond acceptors (Lipinski definition) is 2. The van der Waals surface area contributed by atoms with Crippen molar-refractivity contribution in [2.45, 2.75) is 25.6 Å². The highest BCUT2D eigenvalue weighted by molar-refractivity contribution is 6.20. The largest absolute Gasteiger partial charge is 0.220 e. The van der Waals surface area contributed by atoms with E-state index in [0.29, 0.717) is 11.4 Å². The first-order valence-electron chi connectivity index (χ1n) is 5.44. The third-order valence-electron chi connectivity index (χ3n) is 2.61. The number of benzene rings is 1. The van der Waals surface area contributed by atoms with Crippen LogP contribution in [-0.2, 0) is 0 Å². The molecule has 0 saturated carbocycles. The molecule has 0 amide bonds. The Morgan fingerprint density at radius 2 is 2.24 bits per heavy atom. The van der Waals surface area contributed by atoms with Crippen LogP contribution in [0.4, 0.5) is 4.39 Å². The van der Waals surface area contributed by atoms with Crippen LogP contribution in [0, 0.1) is 12.7 Å². The van der Waals surface area contributed by atoms with E-state index in [-0.39, 0.29) is 11.2 Å². The molecule has 0 spiro atoms. The average Bonchev–Trinajstić information content (AvgIpc) is 2.80. The summed E-state index contributed by atoms with van der Waals surface area (Å²) in [6.07, 6.45) is 2.52. The maximum Gasteiger partial charge on any atom is 0.125 e. The molecule has 1 heterocycles. The molecule has 2 aromatic rings. The summed E-state index contributed by atoms with van der Waals surface area (Å²) in [5, 5.41) is 7.81. The summed E-state index contributed by atoms with van der Waals surface area (Å²) in [7, 11) is 0. The van der Waals surface area contributed by atoms with Crippen LogP contribution in [0.3, 0.4) is 0 Å². The molecule has 1 atom stereocenters. The van der Waals surface area contributed by atoms with E-state index in [1.54, 1.807) is 16.9 Å². The Morgan fingerprint density at radius 3 is 2.94 bits per heavy atom. The molecular weight excluding hydrogens is 241 g/mol. The monoisotopic (exact) mass is 253 g/mol. The van der Waals surface area contributed by atoms with E-state index < -0.39 is 0 Å². The molecule has 0 aliphatic rings. The molecule has 0 N–H and O–H groups in total. The molecule has 0 radical (unpaired) electrons. The fraction of sp³-hybridized carbons (Fsp3) is 0.333. The molecule has 2 rings (SSSR count). The molecule has 0 aliphatic carbocycles. The highest BCUT2D eigenvalue weighted by Crippen LogP contribution is 2.22. The standard InChI is InChI=1S/C12H13ClFN3/c1-3-10(13)11-7-17(16-15-11)12-6-9(14)5-4-8(12)2/h4-7,10H,3H2,1-2H3. The third-order valence-corrected chi connectivity index (χ3v) is 3.14. The first-order valence-corrected chi connectivity index (χ1v) is 5.88. The fourth-order valence-corrected chi connectivity index (χ4v) is 1.68. The summed E-state index contributed by atoms with van der Waals surface area (Å²) in [6.45, 7) is 3.87. The smallest absolute Gasteiger partial charge is 0.125 e. The SMILES string of the molecule is CCC(Cl)c1cn(-c2cc(F)ccc2C)nn1. The van der Waals surface area contributed by atoms with Gasteiger partial charge in [-0.1, -0.05) is 18.2 Å². The lowest BCUT2D eigenvalue weighted by atomic mass is 10.2. The first kappa shape index (κ1) is 12.0. The normalized spacial score (nSPS) is 12.7. The van der Waals surface area contributed by atoms with Gasteiger partial charge < -0.3 is 0 Å². The van der Waals surface area contributed by atoms with Crippen molar-refractivity contribution in [2.24, 2.45) is 0 Å². The molecule has 3 nitrogen and oxygen atoms in total. The van der Waals surface area contributed by atoms with Gasteiger partial charge in [-0.05, 0) is 31.0 Å². The van der Waals surface area contributed by atoms with Crippen LogP contribution in [-0.4, -0.2) is 15.0 Å². The molecule has 90 valence electrons. The lowest BCUT2D eigenvalue weighted by molar-refractivity contribution is 0.624. The predicted octanol–water partition coefficient (Wildman–Crippen LogP) is 3.40. The summed E-state index contributed by atoms with van der Waals surface area (Å²) in [4.78, 5) is 0. The Hall–Kier alpha value is -1.42. The Bertz CT molecular complexity index is 524. The van der Waals surface area contributed by atoms with E-state index in [2.05, 4.69) is 10.3 Å². The van der Waals surface area contributed by atoms with Crippen LogP contribution in [0.25, 0.3) is 5.69 Å². The molecular formula is C12H13ClFN3. The first-order chi connectivity index (χ1) is 8.11. The van der Waals surface area contributed by atoms with Gasteiger partial charge in [0.05, 0.1) is 17.3 Å². The maximum absolute atomic E-state index is 13.2. The van der Waals surface area contributed by atoms with Gasteiger partial charge in [0.25, 0.3) is 0 Å². The van der Waals surface area contributed by atoms with Crippen molar-refractivity contribution in [3.8, 4) is 5.69 Å². The summed E-state index contributed by atoms with van der Waals surface area (Å²) in [5.74, 6) is -0.291. The number of nitrogens with zero attached hydrogens (tertiary/aromatic N) is 3. The van der Waals surface area contributed by atoms with E-state index in [1.165, 1.54) is 12.1 Å². The Balaban J connectivity index is 2.40. The number of hydrogen-bond donors (Lipinski definition) is 0. The average molecular weight is 254 g/mol. The van der Waals surface area contributed by atoms with Gasteiger partial charge in [0.15, 0.2) is 0 Å². The third kappa shape index (κ3) is 2.47. The van der Waals surface area contributed by atoms with Gasteiger partial charge in [0.2, 0.25) is 0 Å². The van der Waals surface area contributed by atoms with E-state index in [0.717, 1.165) is 12.0 Å². The van der Waals surface area contributed by atoms with Crippen molar-refractivity contribution < 1.29 is 4.39 Å². The topological polar surface area (TPSA) is 30.7 Å². The lowest BCUT2D eigenvalue weighted by Crippen LogP contribution is -1.98. The summed E-state index contributed by atoms with van der Waals surface area (Å²) in [5.41, 5.74) is 2.33. The molecule has 0 saturated heterocycles. The Kier molecular flexibility index (Phi) is 3.43. The van der Waals surface area contributed by atoms with Crippen LogP contribution in [0.2, 0.25) is 0 Å². The summed E-state index contributed by atoms with van der Waals surface area (Å²) in [6, 6.07) is 4.57. The van der Waals surface area contributed by atoms with Gasteiger partial charge in [-0.15, -0.1) is 16.7 Å². The molecule has 1 aromatic carbocycles. The second kappa shape index (κ2) is 4.84. The van der Waals surface area contributed by atoms with Gasteiger partial charge >= 0.3 is 0 Å². The van der Waals surface area contributed by atoms with Crippen molar-refractivity contribution in [1.82, 2.24) is 15.0 Å². The van der Waals surface area contributed by atoms with Gasteiger partial charge in [-0.3, -0.25) is 0 Å². The minimum atomic E-state index is -0.291. The number of aromatic nitrogens is 3. The molecule has 17 heavy (non-hydrogen) atoms. The molecule has 0 aliphatic heterocycles. The summed E-state index contributed by atoms with van der Waals surface area (Å²) < 4.78 is 14.7. The van der Waals surface area contributed by atoms with Crippen molar-refractivity contribution >= 4 is 11.6 Å². The second-order valence-electron chi connectivity index (χ2n) is 3.89. The fourth-order valence-electron chi connectivity index (χ4n) is 1.58. The van der Waals surface area contributed by atoms with Gasteiger partial charge in [0.1, 0.15) is 11.5 Å². The van der Waals surface area contributed by atoms with Crippen LogP contribution in [0.15, 0.2) is 24.4 Å². The molecule has 1 aromatic heterocycles. The Morgan fingerprint density at radius 1 is 1.47 bits per heavy atom. The number of halogens is 2. The quantitative estimate of drug-likeness (QED) is 0.785. The van der Waals surface area contributed by atoms with E-state index in [1.807, 2.05) is 13.8 Å². The minimum absolute atomic E-state index is 0.155. The molecule has 0 fully saturated rings. The zero-order chi connectivity index (χ0) is 12.4. The van der Waals surface area contributed by atoms with Crippen LogP contribution in [0.5, 0.6) is 0 Å². The molecule has 0 bridgehead atoms. The zero-order valence-electron chi connectivity index (χ0n) is 9.69. The maximum atomic E-state index is 13.2. The van der Waals surface area contributed by atoms with Crippen LogP contribution >= 0.6 is 11.6 Å². The van der Waals surface area contributed by atoms with Gasteiger partial charge in [-0.25, -0.2) is 9.07 Å². The zero-order valence-corrected chi connectivity index (χ0v) is 10.4. The molecule has 1 unspecified atom stereocenters. The molecule has 5 heteroatoms. The number of aryl methyl sites for hydroxylation is 1. The van der Waals surface area contributed by atoms with E-state index in [9.17, 15) is 4.39 Å². The van der Waals surface area contributed by atoms with Crippen LogP contribution < -0.4 is 0 Å². The van der Waals surface area contributed by atoms with E-state index >= 15 is 0 Å². The minimum Gasteiger partial charge on any atom is -0.220 e. The van der Waals surface area contributed by atoms with Crippen molar-refractivity contribution in [2.75, 3.05) is 0 Å². The van der Waals surface area contributed by atoms with E-state index in [4.69, 9.17) is 11.6 Å². The van der Waals surface area contributed by atoms with Gasteiger partial charge in [-0.2, -0.15) is 0 Å². The number of alkyl halides is 1. The van der Waals surface area contributed by atoms with Crippen molar-refractivity contribution in [1.29, 1.82) is 0 Å². The van der Waals surface area contributed by atoms with Crippen LogP contribution in [0.1, 0.15) is 30.0 Å².